The van der Waals surface area contributed by atoms with Gasteiger partial charge in [0, 0.05) is 11.8 Å². The predicted octanol–water partition coefficient (Wildman–Crippen LogP) is 2.40. The normalized spacial score (nSPS) is 9.87. The molecule has 1 aromatic carbocycles. The lowest BCUT2D eigenvalue weighted by Crippen LogP contribution is -1.80. The second-order valence-corrected chi connectivity index (χ2v) is 3.79. The Labute approximate surface area is 90.9 Å². The van der Waals surface area contributed by atoms with Crippen molar-refractivity contribution in [3.63, 3.8) is 0 Å². The zero-order valence-corrected chi connectivity index (χ0v) is 8.78. The van der Waals surface area contributed by atoms with Crippen LogP contribution >= 0.6 is 11.8 Å². The molecular formula is C10H7N3OS. The quantitative estimate of drug-likeness (QED) is 0.772. The van der Waals surface area contributed by atoms with Crippen LogP contribution in [0.3, 0.4) is 0 Å². The van der Waals surface area contributed by atoms with E-state index in [0.29, 0.717) is 16.7 Å². The molecule has 1 aromatic heterocycles. The molecule has 0 spiro atoms. The van der Waals surface area contributed by atoms with Crippen LogP contribution in [0.5, 0.6) is 0 Å². The minimum absolute atomic E-state index is 0.454. The molecule has 0 aliphatic carbocycles. The summed E-state index contributed by atoms with van der Waals surface area (Å²) in [5, 5.41) is 16.9. The summed E-state index contributed by atoms with van der Waals surface area (Å²) in [6.45, 7) is 1.73. The van der Waals surface area contributed by atoms with E-state index in [1.54, 1.807) is 13.0 Å². The third-order valence-electron chi connectivity index (χ3n) is 1.71. The zero-order chi connectivity index (χ0) is 10.7. The predicted molar refractivity (Wildman–Crippen MR) is 54.3 cm³/mol. The van der Waals surface area contributed by atoms with Gasteiger partial charge in [-0.2, -0.15) is 5.26 Å². The molecule has 0 radical (unpaired) electrons. The van der Waals surface area contributed by atoms with Gasteiger partial charge in [0.2, 0.25) is 5.89 Å². The third kappa shape index (κ3) is 2.17. The van der Waals surface area contributed by atoms with Crippen LogP contribution in [0.1, 0.15) is 11.5 Å². The van der Waals surface area contributed by atoms with Crippen molar-refractivity contribution in [2.24, 2.45) is 0 Å². The first-order chi connectivity index (χ1) is 7.29. The maximum atomic E-state index is 8.87. The molecule has 0 atom stereocenters. The van der Waals surface area contributed by atoms with Gasteiger partial charge in [-0.1, -0.05) is 12.1 Å². The molecule has 0 fully saturated rings. The van der Waals surface area contributed by atoms with Crippen molar-refractivity contribution in [2.75, 3.05) is 0 Å². The van der Waals surface area contributed by atoms with Gasteiger partial charge in [0.25, 0.3) is 5.22 Å². The molecule has 0 saturated heterocycles. The van der Waals surface area contributed by atoms with Crippen LogP contribution in [0.2, 0.25) is 0 Å². The maximum absolute atomic E-state index is 8.87. The van der Waals surface area contributed by atoms with Gasteiger partial charge in [0.1, 0.15) is 6.07 Å². The van der Waals surface area contributed by atoms with Crippen LogP contribution in [-0.4, -0.2) is 10.2 Å². The highest BCUT2D eigenvalue weighted by Gasteiger charge is 2.07. The average molecular weight is 217 g/mol. The third-order valence-corrected chi connectivity index (χ3v) is 2.63. The minimum Gasteiger partial charge on any atom is -0.416 e. The van der Waals surface area contributed by atoms with E-state index in [4.69, 9.17) is 9.68 Å². The SMILES string of the molecule is Cc1nnc(Sc2ccccc2C#N)o1. The van der Waals surface area contributed by atoms with E-state index in [0.717, 1.165) is 4.90 Å². The lowest BCUT2D eigenvalue weighted by molar-refractivity contribution is 0.429. The van der Waals surface area contributed by atoms with E-state index in [9.17, 15) is 0 Å². The van der Waals surface area contributed by atoms with Gasteiger partial charge in [-0.3, -0.25) is 0 Å². The Morgan fingerprint density at radius 2 is 2.13 bits per heavy atom. The smallest absolute Gasteiger partial charge is 0.281 e. The highest BCUT2D eigenvalue weighted by atomic mass is 32.2. The van der Waals surface area contributed by atoms with E-state index in [2.05, 4.69) is 16.3 Å². The molecule has 0 bridgehead atoms. The molecule has 0 amide bonds. The van der Waals surface area contributed by atoms with E-state index >= 15 is 0 Å². The molecule has 0 aliphatic heterocycles. The molecule has 0 saturated carbocycles. The number of nitrogens with zero attached hydrogens (tertiary/aromatic N) is 3. The fraction of sp³-hybridized carbons (Fsp3) is 0.100. The molecule has 2 aromatic rings. The molecule has 74 valence electrons. The van der Waals surface area contributed by atoms with Crippen LogP contribution in [-0.2, 0) is 0 Å². The van der Waals surface area contributed by atoms with E-state index < -0.39 is 0 Å². The van der Waals surface area contributed by atoms with Gasteiger partial charge < -0.3 is 4.42 Å². The average Bonchev–Trinajstić information content (AvgIpc) is 2.65. The molecule has 0 N–H and O–H groups in total. The maximum Gasteiger partial charge on any atom is 0.281 e. The highest BCUT2D eigenvalue weighted by molar-refractivity contribution is 7.99. The van der Waals surface area contributed by atoms with E-state index in [1.165, 1.54) is 11.8 Å². The minimum atomic E-state index is 0.454. The summed E-state index contributed by atoms with van der Waals surface area (Å²) >= 11 is 1.30. The molecule has 0 unspecified atom stereocenters. The number of aromatic nitrogens is 2. The Morgan fingerprint density at radius 3 is 2.80 bits per heavy atom. The molecule has 15 heavy (non-hydrogen) atoms. The van der Waals surface area contributed by atoms with Gasteiger partial charge >= 0.3 is 0 Å². The van der Waals surface area contributed by atoms with Crippen molar-refractivity contribution in [1.29, 1.82) is 5.26 Å². The van der Waals surface area contributed by atoms with Crippen molar-refractivity contribution in [3.05, 3.63) is 35.7 Å². The van der Waals surface area contributed by atoms with Gasteiger partial charge in [0.15, 0.2) is 0 Å². The van der Waals surface area contributed by atoms with Gasteiger partial charge in [-0.15, -0.1) is 10.2 Å². The van der Waals surface area contributed by atoms with E-state index in [1.807, 2.05) is 18.2 Å². The first kappa shape index (κ1) is 9.74. The monoisotopic (exact) mass is 217 g/mol. The fourth-order valence-corrected chi connectivity index (χ4v) is 1.86. The standard InChI is InChI=1S/C10H7N3OS/c1-7-12-13-10(14-7)15-9-5-3-2-4-8(9)6-11/h2-5H,1H3. The van der Waals surface area contributed by atoms with Crippen molar-refractivity contribution < 1.29 is 4.42 Å². The van der Waals surface area contributed by atoms with Crippen molar-refractivity contribution in [2.45, 2.75) is 17.0 Å². The van der Waals surface area contributed by atoms with Crippen LogP contribution in [0.15, 0.2) is 38.8 Å². The van der Waals surface area contributed by atoms with Crippen molar-refractivity contribution in [1.82, 2.24) is 10.2 Å². The molecule has 1 heterocycles. The number of hydrogen-bond acceptors (Lipinski definition) is 5. The summed E-state index contributed by atoms with van der Waals surface area (Å²) < 4.78 is 5.22. The Hall–Kier alpha value is -1.80. The summed E-state index contributed by atoms with van der Waals surface area (Å²) in [5.74, 6) is 0.520. The lowest BCUT2D eigenvalue weighted by Gasteiger charge is -1.97. The fourth-order valence-electron chi connectivity index (χ4n) is 1.06. The van der Waals surface area contributed by atoms with Crippen LogP contribution in [0.25, 0.3) is 0 Å². The topological polar surface area (TPSA) is 62.7 Å². The Balaban J connectivity index is 2.28. The van der Waals surface area contributed by atoms with Crippen LogP contribution in [0.4, 0.5) is 0 Å². The van der Waals surface area contributed by atoms with Gasteiger partial charge in [-0.05, 0) is 23.9 Å². The summed E-state index contributed by atoms with van der Waals surface area (Å²) in [5.41, 5.74) is 0.610. The largest absolute Gasteiger partial charge is 0.416 e. The van der Waals surface area contributed by atoms with E-state index in [-0.39, 0.29) is 0 Å². The molecule has 2 rings (SSSR count). The van der Waals surface area contributed by atoms with Crippen LogP contribution < -0.4 is 0 Å². The Morgan fingerprint density at radius 1 is 1.33 bits per heavy atom. The zero-order valence-electron chi connectivity index (χ0n) is 7.97. The number of aryl methyl sites for hydroxylation is 1. The number of rotatable bonds is 2. The Bertz CT molecular complexity index is 515. The van der Waals surface area contributed by atoms with Crippen LogP contribution in [0, 0.1) is 18.3 Å². The molecule has 5 heteroatoms. The number of hydrogen-bond donors (Lipinski definition) is 0. The van der Waals surface area contributed by atoms with Crippen molar-refractivity contribution >= 4 is 11.8 Å². The number of benzene rings is 1. The summed E-state index contributed by atoms with van der Waals surface area (Å²) in [6.07, 6.45) is 0. The van der Waals surface area contributed by atoms with Crippen molar-refractivity contribution in [3.8, 4) is 6.07 Å². The summed E-state index contributed by atoms with van der Waals surface area (Å²) in [7, 11) is 0. The summed E-state index contributed by atoms with van der Waals surface area (Å²) in [4.78, 5) is 0.823. The Kier molecular flexibility index (Phi) is 2.70. The second kappa shape index (κ2) is 4.15. The summed E-state index contributed by atoms with van der Waals surface area (Å²) in [6, 6.07) is 9.41. The lowest BCUT2D eigenvalue weighted by atomic mass is 10.2. The van der Waals surface area contributed by atoms with Gasteiger partial charge in [0.05, 0.1) is 5.56 Å². The molecular weight excluding hydrogens is 210 g/mol. The van der Waals surface area contributed by atoms with Gasteiger partial charge in [-0.25, -0.2) is 0 Å². The first-order valence-electron chi connectivity index (χ1n) is 4.26. The first-order valence-corrected chi connectivity index (χ1v) is 5.08. The molecule has 0 aliphatic rings. The second-order valence-electron chi connectivity index (χ2n) is 2.80. The number of nitriles is 1. The molecule has 4 nitrogen and oxygen atoms in total. The highest BCUT2D eigenvalue weighted by Crippen LogP contribution is 2.28.